The highest BCUT2D eigenvalue weighted by atomic mass is 35.5. The van der Waals surface area contributed by atoms with E-state index >= 15 is 0 Å². The molecular weight excluding hydrogens is 247 g/mol. The second-order valence-electron chi connectivity index (χ2n) is 3.54. The molecule has 16 heavy (non-hydrogen) atoms. The largest absolute Gasteiger partial charge is 0.383 e. The molecule has 2 rings (SSSR count). The standard InChI is InChI=1S/C12H10ClFOS/c1-7-6-8(2-3-10(7)14)11(15)12-9(13)4-5-16-12/h2-6,11,15H,1H3. The number of rotatable bonds is 2. The Balaban J connectivity index is 2.38. The lowest BCUT2D eigenvalue weighted by molar-refractivity contribution is 0.224. The highest BCUT2D eigenvalue weighted by Crippen LogP contribution is 2.33. The Bertz CT molecular complexity index is 509. The number of benzene rings is 1. The van der Waals surface area contributed by atoms with Crippen LogP contribution in [0.2, 0.25) is 5.02 Å². The van der Waals surface area contributed by atoms with Crippen molar-refractivity contribution < 1.29 is 9.50 Å². The van der Waals surface area contributed by atoms with Gasteiger partial charge in [0.05, 0.1) is 9.90 Å². The van der Waals surface area contributed by atoms with Gasteiger partial charge in [0.15, 0.2) is 0 Å². The van der Waals surface area contributed by atoms with Crippen molar-refractivity contribution in [3.8, 4) is 0 Å². The third-order valence-corrected chi connectivity index (χ3v) is 3.80. The van der Waals surface area contributed by atoms with Gasteiger partial charge in [0.25, 0.3) is 0 Å². The maximum absolute atomic E-state index is 13.1. The number of halogens is 2. The van der Waals surface area contributed by atoms with E-state index in [-0.39, 0.29) is 5.82 Å². The van der Waals surface area contributed by atoms with Crippen LogP contribution in [0, 0.1) is 12.7 Å². The SMILES string of the molecule is Cc1cc(C(O)c2sccc2Cl)ccc1F. The molecule has 1 atom stereocenters. The Hall–Kier alpha value is -0.900. The lowest BCUT2D eigenvalue weighted by Crippen LogP contribution is -1.99. The summed E-state index contributed by atoms with van der Waals surface area (Å²) < 4.78 is 13.1. The maximum atomic E-state index is 13.1. The monoisotopic (exact) mass is 256 g/mol. The molecule has 1 aromatic heterocycles. The van der Waals surface area contributed by atoms with Gasteiger partial charge in [-0.05, 0) is 35.6 Å². The molecule has 0 radical (unpaired) electrons. The van der Waals surface area contributed by atoms with Crippen molar-refractivity contribution in [3.63, 3.8) is 0 Å². The molecule has 0 fully saturated rings. The van der Waals surface area contributed by atoms with Gasteiger partial charge in [-0.3, -0.25) is 0 Å². The van der Waals surface area contributed by atoms with Gasteiger partial charge in [-0.1, -0.05) is 23.7 Å². The summed E-state index contributed by atoms with van der Waals surface area (Å²) in [5.41, 5.74) is 1.17. The van der Waals surface area contributed by atoms with Crippen molar-refractivity contribution >= 4 is 22.9 Å². The molecule has 1 nitrogen and oxygen atoms in total. The van der Waals surface area contributed by atoms with Crippen molar-refractivity contribution in [2.75, 3.05) is 0 Å². The van der Waals surface area contributed by atoms with E-state index in [1.54, 1.807) is 25.1 Å². The van der Waals surface area contributed by atoms with Gasteiger partial charge >= 0.3 is 0 Å². The minimum absolute atomic E-state index is 0.270. The van der Waals surface area contributed by atoms with E-state index in [2.05, 4.69) is 0 Å². The van der Waals surface area contributed by atoms with Crippen molar-refractivity contribution in [2.24, 2.45) is 0 Å². The minimum atomic E-state index is -0.785. The van der Waals surface area contributed by atoms with Crippen LogP contribution in [0.1, 0.15) is 22.1 Å². The van der Waals surface area contributed by atoms with Crippen LogP contribution in [-0.2, 0) is 0 Å². The van der Waals surface area contributed by atoms with Crippen LogP contribution in [0.25, 0.3) is 0 Å². The summed E-state index contributed by atoms with van der Waals surface area (Å²) in [4.78, 5) is 0.688. The van der Waals surface area contributed by atoms with E-state index < -0.39 is 6.10 Å². The first-order valence-electron chi connectivity index (χ1n) is 4.76. The molecule has 1 aromatic carbocycles. The molecule has 0 bridgehead atoms. The third kappa shape index (κ3) is 2.12. The Labute approximate surface area is 102 Å². The molecule has 1 unspecified atom stereocenters. The van der Waals surface area contributed by atoms with Gasteiger partial charge in [0.1, 0.15) is 11.9 Å². The first-order valence-corrected chi connectivity index (χ1v) is 6.02. The Morgan fingerprint density at radius 3 is 2.69 bits per heavy atom. The number of hydrogen-bond donors (Lipinski definition) is 1. The molecule has 0 saturated heterocycles. The minimum Gasteiger partial charge on any atom is -0.383 e. The average molecular weight is 257 g/mol. The first-order chi connectivity index (χ1) is 7.59. The molecule has 0 aliphatic rings. The quantitative estimate of drug-likeness (QED) is 0.863. The lowest BCUT2D eigenvalue weighted by Gasteiger charge is -2.10. The number of thiophene rings is 1. The van der Waals surface area contributed by atoms with Crippen LogP contribution in [0.15, 0.2) is 29.6 Å². The average Bonchev–Trinajstić information content (AvgIpc) is 2.67. The summed E-state index contributed by atoms with van der Waals surface area (Å²) in [5.74, 6) is -0.270. The van der Waals surface area contributed by atoms with Gasteiger partial charge < -0.3 is 5.11 Å². The van der Waals surface area contributed by atoms with Crippen LogP contribution < -0.4 is 0 Å². The van der Waals surface area contributed by atoms with Crippen LogP contribution in [0.3, 0.4) is 0 Å². The fourth-order valence-corrected chi connectivity index (χ4v) is 2.66. The summed E-state index contributed by atoms with van der Waals surface area (Å²) >= 11 is 7.32. The molecule has 2 aromatic rings. The molecule has 0 aliphatic heterocycles. The Kier molecular flexibility index (Phi) is 3.28. The molecule has 4 heteroatoms. The van der Waals surface area contributed by atoms with Crippen molar-refractivity contribution in [1.29, 1.82) is 0 Å². The fraction of sp³-hybridized carbons (Fsp3) is 0.167. The smallest absolute Gasteiger partial charge is 0.126 e. The van der Waals surface area contributed by atoms with E-state index in [4.69, 9.17) is 11.6 Å². The van der Waals surface area contributed by atoms with Crippen LogP contribution in [-0.4, -0.2) is 5.11 Å². The zero-order valence-corrected chi connectivity index (χ0v) is 10.1. The molecule has 84 valence electrons. The summed E-state index contributed by atoms with van der Waals surface area (Å²) in [6, 6.07) is 6.30. The van der Waals surface area contributed by atoms with Gasteiger partial charge in [-0.2, -0.15) is 0 Å². The van der Waals surface area contributed by atoms with E-state index in [0.29, 0.717) is 21.0 Å². The summed E-state index contributed by atoms with van der Waals surface area (Å²) in [5, 5.41) is 12.4. The van der Waals surface area contributed by atoms with Crippen LogP contribution in [0.5, 0.6) is 0 Å². The highest BCUT2D eigenvalue weighted by molar-refractivity contribution is 7.10. The van der Waals surface area contributed by atoms with Crippen LogP contribution in [0.4, 0.5) is 4.39 Å². The number of aliphatic hydroxyl groups is 1. The second kappa shape index (κ2) is 4.53. The normalized spacial score (nSPS) is 12.8. The van der Waals surface area contributed by atoms with E-state index in [1.807, 2.05) is 5.38 Å². The zero-order chi connectivity index (χ0) is 11.7. The van der Waals surface area contributed by atoms with Gasteiger partial charge in [-0.15, -0.1) is 11.3 Å². The lowest BCUT2D eigenvalue weighted by atomic mass is 10.1. The number of aliphatic hydroxyl groups excluding tert-OH is 1. The summed E-state index contributed by atoms with van der Waals surface area (Å²) in [7, 11) is 0. The van der Waals surface area contributed by atoms with Crippen molar-refractivity contribution in [1.82, 2.24) is 0 Å². The molecule has 1 N–H and O–H groups in total. The van der Waals surface area contributed by atoms with E-state index in [0.717, 1.165) is 0 Å². The molecule has 0 spiro atoms. The van der Waals surface area contributed by atoms with Crippen LogP contribution >= 0.6 is 22.9 Å². The van der Waals surface area contributed by atoms with Gasteiger partial charge in [0, 0.05) is 0 Å². The summed E-state index contributed by atoms with van der Waals surface area (Å²) in [6.07, 6.45) is -0.785. The first kappa shape index (κ1) is 11.6. The highest BCUT2D eigenvalue weighted by Gasteiger charge is 2.15. The molecule has 0 saturated carbocycles. The molecular formula is C12H10ClFOS. The molecule has 1 heterocycles. The predicted molar refractivity (Wildman–Crippen MR) is 64.5 cm³/mol. The zero-order valence-electron chi connectivity index (χ0n) is 8.58. The third-order valence-electron chi connectivity index (χ3n) is 2.39. The topological polar surface area (TPSA) is 20.2 Å². The van der Waals surface area contributed by atoms with E-state index in [1.165, 1.54) is 17.4 Å². The van der Waals surface area contributed by atoms with Gasteiger partial charge in [0.2, 0.25) is 0 Å². The number of hydrogen-bond acceptors (Lipinski definition) is 2. The Morgan fingerprint density at radius 1 is 1.38 bits per heavy atom. The van der Waals surface area contributed by atoms with E-state index in [9.17, 15) is 9.50 Å². The van der Waals surface area contributed by atoms with Crippen molar-refractivity contribution in [2.45, 2.75) is 13.0 Å². The number of aryl methyl sites for hydroxylation is 1. The predicted octanol–water partition coefficient (Wildman–Crippen LogP) is 3.93. The van der Waals surface area contributed by atoms with Crippen molar-refractivity contribution in [3.05, 3.63) is 56.5 Å². The Morgan fingerprint density at radius 2 is 2.12 bits per heavy atom. The summed E-state index contributed by atoms with van der Waals surface area (Å²) in [6.45, 7) is 1.67. The fourth-order valence-electron chi connectivity index (χ4n) is 1.49. The second-order valence-corrected chi connectivity index (χ2v) is 4.90. The maximum Gasteiger partial charge on any atom is 0.126 e. The molecule has 0 aliphatic carbocycles. The molecule has 0 amide bonds. The van der Waals surface area contributed by atoms with Gasteiger partial charge in [-0.25, -0.2) is 4.39 Å².